The second-order valence-electron chi connectivity index (χ2n) is 6.46. The van der Waals surface area contributed by atoms with Gasteiger partial charge in [-0.25, -0.2) is 4.99 Å². The zero-order valence-corrected chi connectivity index (χ0v) is 17.6. The van der Waals surface area contributed by atoms with Gasteiger partial charge in [0, 0.05) is 33.3 Å². The number of nitrogens with one attached hydrogen (secondary N) is 1. The van der Waals surface area contributed by atoms with Gasteiger partial charge in [0.15, 0.2) is 5.84 Å². The molecular weight excluding hydrogens is 448 g/mol. The van der Waals surface area contributed by atoms with Crippen molar-refractivity contribution in [3.05, 3.63) is 98.0 Å². The average molecular weight is 465 g/mol. The topological polar surface area (TPSA) is 89.1 Å². The van der Waals surface area contributed by atoms with Crippen molar-refractivity contribution >= 4 is 38.9 Å². The van der Waals surface area contributed by atoms with Gasteiger partial charge in [0.05, 0.1) is 17.2 Å². The predicted molar refractivity (Wildman–Crippen MR) is 120 cm³/mol. The molecule has 3 aromatic rings. The van der Waals surface area contributed by atoms with Gasteiger partial charge in [0.2, 0.25) is 0 Å². The summed E-state index contributed by atoms with van der Waals surface area (Å²) >= 11 is 3.50. The molecule has 4 rings (SSSR count). The number of hydrogen-bond donors (Lipinski definition) is 1. The van der Waals surface area contributed by atoms with E-state index in [0.717, 1.165) is 32.6 Å². The number of aliphatic imine (C=N–C) groups is 1. The maximum absolute atomic E-state index is 11.0. The zero-order valence-electron chi connectivity index (χ0n) is 16.0. The molecule has 0 saturated carbocycles. The lowest BCUT2D eigenvalue weighted by molar-refractivity contribution is -0.384. The highest BCUT2D eigenvalue weighted by Gasteiger charge is 2.18. The summed E-state index contributed by atoms with van der Waals surface area (Å²) in [6, 6.07) is 19.7. The molecule has 0 saturated heterocycles. The summed E-state index contributed by atoms with van der Waals surface area (Å²) in [5, 5.41) is 15.6. The molecule has 1 aliphatic rings. The summed E-state index contributed by atoms with van der Waals surface area (Å²) in [5.74, 6) is 1.38. The summed E-state index contributed by atoms with van der Waals surface area (Å²) in [6.45, 7) is 2.54. The summed E-state index contributed by atoms with van der Waals surface area (Å²) < 4.78 is 6.39. The highest BCUT2D eigenvalue weighted by atomic mass is 79.9. The number of halogens is 1. The van der Waals surface area contributed by atoms with E-state index in [1.165, 1.54) is 12.1 Å². The number of hydrogen-bond acceptors (Lipinski definition) is 6. The highest BCUT2D eigenvalue weighted by Crippen LogP contribution is 2.29. The lowest BCUT2D eigenvalue weighted by atomic mass is 10.0. The maximum atomic E-state index is 11.0. The summed E-state index contributed by atoms with van der Waals surface area (Å²) in [6.07, 6.45) is 0. The van der Waals surface area contributed by atoms with Crippen LogP contribution in [0, 0.1) is 10.1 Å². The Morgan fingerprint density at radius 2 is 1.73 bits per heavy atom. The first-order valence-corrected chi connectivity index (χ1v) is 10.0. The Balaban J connectivity index is 1.76. The van der Waals surface area contributed by atoms with Gasteiger partial charge in [-0.05, 0) is 61.5 Å². The number of amidine groups is 1. The second kappa shape index (κ2) is 8.46. The molecule has 1 N–H and O–H groups in total. The van der Waals surface area contributed by atoms with E-state index in [2.05, 4.69) is 26.5 Å². The van der Waals surface area contributed by atoms with Crippen LogP contribution in [-0.4, -0.2) is 23.1 Å². The fourth-order valence-corrected chi connectivity index (χ4v) is 3.44. The Bertz CT molecular complexity index is 1160. The number of benzene rings is 3. The van der Waals surface area contributed by atoms with Crippen LogP contribution in [0.15, 0.2) is 81.3 Å². The fraction of sp³-hybridized carbons (Fsp3) is 0.0909. The fourth-order valence-electron chi connectivity index (χ4n) is 3.08. The third-order valence-electron chi connectivity index (χ3n) is 4.51. The van der Waals surface area contributed by atoms with Gasteiger partial charge < -0.3 is 4.74 Å². The van der Waals surface area contributed by atoms with Crippen LogP contribution in [0.4, 0.5) is 11.4 Å². The number of nitro groups is 1. The van der Waals surface area contributed by atoms with Crippen LogP contribution in [-0.2, 0) is 0 Å². The average Bonchev–Trinajstić information content (AvgIpc) is 2.94. The molecule has 0 radical (unpaired) electrons. The molecule has 0 aliphatic carbocycles. The van der Waals surface area contributed by atoms with Crippen LogP contribution >= 0.6 is 15.9 Å². The normalized spacial score (nSPS) is 12.7. The molecular formula is C22H17BrN4O3. The van der Waals surface area contributed by atoms with Gasteiger partial charge in [-0.1, -0.05) is 15.9 Å². The van der Waals surface area contributed by atoms with E-state index in [4.69, 9.17) is 9.73 Å². The van der Waals surface area contributed by atoms with Gasteiger partial charge in [-0.3, -0.25) is 15.5 Å². The first kappa shape index (κ1) is 19.8. The molecule has 1 aliphatic heterocycles. The van der Waals surface area contributed by atoms with Crippen molar-refractivity contribution in [1.29, 1.82) is 0 Å². The Morgan fingerprint density at radius 1 is 1.03 bits per heavy atom. The number of ether oxygens (including phenoxy) is 1. The molecule has 0 aromatic heterocycles. The first-order chi connectivity index (χ1) is 14.5. The van der Waals surface area contributed by atoms with Gasteiger partial charge >= 0.3 is 0 Å². The molecule has 30 heavy (non-hydrogen) atoms. The van der Waals surface area contributed by atoms with Crippen LogP contribution in [0.1, 0.15) is 23.6 Å². The lowest BCUT2D eigenvalue weighted by Gasteiger charge is -2.08. The third kappa shape index (κ3) is 4.08. The number of nitro benzene ring substituents is 1. The Hall–Kier alpha value is -3.52. The number of fused-ring (bicyclic) bond motifs is 1. The maximum Gasteiger partial charge on any atom is 0.269 e. The molecule has 7 nitrogen and oxygen atoms in total. The monoisotopic (exact) mass is 464 g/mol. The largest absolute Gasteiger partial charge is 0.494 e. The highest BCUT2D eigenvalue weighted by molar-refractivity contribution is 9.10. The van der Waals surface area contributed by atoms with Crippen LogP contribution in [0.25, 0.3) is 0 Å². The number of hydrazone groups is 1. The van der Waals surface area contributed by atoms with Crippen LogP contribution in [0.3, 0.4) is 0 Å². The molecule has 0 atom stereocenters. The van der Waals surface area contributed by atoms with Crippen LogP contribution in [0.2, 0.25) is 0 Å². The van der Waals surface area contributed by atoms with Gasteiger partial charge in [-0.15, -0.1) is 0 Å². The Kier molecular flexibility index (Phi) is 5.58. The smallest absolute Gasteiger partial charge is 0.269 e. The van der Waals surface area contributed by atoms with E-state index in [1.807, 2.05) is 49.4 Å². The quantitative estimate of drug-likeness (QED) is 0.415. The standard InChI is InChI=1S/C22H17BrN4O3/c1-2-30-18-10-5-15(6-11-18)22-24-20-12-7-16(23)13-19(20)21(25-26-22)14-3-8-17(9-4-14)27(28)29/h3-13H,2H2,1H3,(H,24,26). The Labute approximate surface area is 181 Å². The van der Waals surface area contributed by atoms with E-state index in [0.29, 0.717) is 18.2 Å². The summed E-state index contributed by atoms with van der Waals surface area (Å²) in [5.41, 5.74) is 6.88. The minimum Gasteiger partial charge on any atom is -0.494 e. The molecule has 0 amide bonds. The van der Waals surface area contributed by atoms with Crippen molar-refractivity contribution in [1.82, 2.24) is 5.43 Å². The molecule has 150 valence electrons. The van der Waals surface area contributed by atoms with Gasteiger partial charge in [0.25, 0.3) is 5.69 Å². The molecule has 0 fully saturated rings. The van der Waals surface area contributed by atoms with Gasteiger partial charge in [-0.2, -0.15) is 5.10 Å². The van der Waals surface area contributed by atoms with E-state index in [1.54, 1.807) is 12.1 Å². The van der Waals surface area contributed by atoms with Crippen molar-refractivity contribution < 1.29 is 9.66 Å². The number of non-ortho nitro benzene ring substituents is 1. The van der Waals surface area contributed by atoms with Crippen molar-refractivity contribution in [3.63, 3.8) is 0 Å². The van der Waals surface area contributed by atoms with Crippen LogP contribution < -0.4 is 10.2 Å². The van der Waals surface area contributed by atoms with E-state index in [-0.39, 0.29) is 5.69 Å². The van der Waals surface area contributed by atoms with E-state index < -0.39 is 4.92 Å². The number of nitrogens with zero attached hydrogens (tertiary/aromatic N) is 3. The lowest BCUT2D eigenvalue weighted by Crippen LogP contribution is -2.19. The Morgan fingerprint density at radius 3 is 2.40 bits per heavy atom. The summed E-state index contributed by atoms with van der Waals surface area (Å²) in [4.78, 5) is 15.3. The van der Waals surface area contributed by atoms with E-state index >= 15 is 0 Å². The first-order valence-electron chi connectivity index (χ1n) is 9.25. The minimum atomic E-state index is -0.422. The molecule has 3 aromatic carbocycles. The minimum absolute atomic E-state index is 0.0294. The van der Waals surface area contributed by atoms with E-state index in [9.17, 15) is 10.1 Å². The SMILES string of the molecule is CCOc1ccc(C2=Nc3ccc(Br)cc3C(c3ccc([N+](=O)[O-])cc3)=NN2)cc1. The van der Waals surface area contributed by atoms with Crippen molar-refractivity contribution in [2.75, 3.05) is 6.61 Å². The molecule has 0 unspecified atom stereocenters. The molecule has 0 bridgehead atoms. The zero-order chi connectivity index (χ0) is 21.1. The molecule has 0 spiro atoms. The molecule has 8 heteroatoms. The third-order valence-corrected chi connectivity index (χ3v) is 5.00. The van der Waals surface area contributed by atoms with Crippen molar-refractivity contribution in [2.45, 2.75) is 6.92 Å². The van der Waals surface area contributed by atoms with Crippen molar-refractivity contribution in [3.8, 4) is 5.75 Å². The molecule has 1 heterocycles. The number of rotatable bonds is 5. The van der Waals surface area contributed by atoms with Crippen LogP contribution in [0.5, 0.6) is 5.75 Å². The van der Waals surface area contributed by atoms with Crippen molar-refractivity contribution in [2.24, 2.45) is 10.1 Å². The predicted octanol–water partition coefficient (Wildman–Crippen LogP) is 5.19. The van der Waals surface area contributed by atoms with Gasteiger partial charge in [0.1, 0.15) is 11.5 Å². The second-order valence-corrected chi connectivity index (χ2v) is 7.37. The summed E-state index contributed by atoms with van der Waals surface area (Å²) in [7, 11) is 0.